The first-order valence-corrected chi connectivity index (χ1v) is 6.60. The molecule has 0 N–H and O–H groups in total. The number of benzene rings is 1. The fourth-order valence-electron chi connectivity index (χ4n) is 0.529. The van der Waals surface area contributed by atoms with Crippen LogP contribution in [0.15, 0.2) is 36.4 Å². The van der Waals surface area contributed by atoms with Crippen molar-refractivity contribution in [1.82, 2.24) is 0 Å². The Kier molecular flexibility index (Phi) is 325. The van der Waals surface area contributed by atoms with Gasteiger partial charge in [0.25, 0.3) is 0 Å². The van der Waals surface area contributed by atoms with Gasteiger partial charge in [0, 0.05) is 20.8 Å². The van der Waals surface area contributed by atoms with Crippen LogP contribution in [0, 0.1) is 20.8 Å². The summed E-state index contributed by atoms with van der Waals surface area (Å²) >= 11 is 0. The summed E-state index contributed by atoms with van der Waals surface area (Å²) in [4.78, 5) is 0. The van der Waals surface area contributed by atoms with E-state index in [1.807, 2.05) is 50.2 Å². The van der Waals surface area contributed by atoms with Gasteiger partial charge in [0.2, 0.25) is 0 Å². The van der Waals surface area contributed by atoms with Crippen molar-refractivity contribution in [3.8, 4) is 0 Å². The molecule has 0 amide bonds. The second-order valence-corrected chi connectivity index (χ2v) is 2.49. The molecule has 0 atom stereocenters. The third-order valence-electron chi connectivity index (χ3n) is 1.22. The monoisotopic (exact) mass is 454 g/mol. The molecule has 0 saturated carbocycles. The van der Waals surface area contributed by atoms with Crippen molar-refractivity contribution in [3.05, 3.63) is 57.2 Å². The summed E-state index contributed by atoms with van der Waals surface area (Å²) in [6, 6.07) is 12.0. The fourth-order valence-corrected chi connectivity index (χ4v) is 0.529. The van der Waals surface area contributed by atoms with E-state index in [9.17, 15) is 0 Å². The van der Waals surface area contributed by atoms with Crippen LogP contribution in [0.2, 0.25) is 0 Å². The minimum absolute atomic E-state index is 0. The summed E-state index contributed by atoms with van der Waals surface area (Å²) in [6.07, 6.45) is 0.872. The Labute approximate surface area is 197 Å². The first-order chi connectivity index (χ1) is 9.33. The average molecular weight is 455 g/mol. The molecule has 3 heteroatoms. The van der Waals surface area contributed by atoms with Crippen LogP contribution >= 0.6 is 0 Å². The van der Waals surface area contributed by atoms with Crippen LogP contribution in [-0.4, -0.2) is 27.4 Å². The molecule has 1 rings (SSSR count). The third-order valence-corrected chi connectivity index (χ3v) is 1.22. The minimum atomic E-state index is 0. The average Bonchev–Trinajstić information content (AvgIpc) is 2.54. The normalized spacial score (nSPS) is 5.08. The van der Waals surface area contributed by atoms with Gasteiger partial charge in [-0.1, -0.05) is 101 Å². The summed E-state index contributed by atoms with van der Waals surface area (Å²) in [6.45, 7) is 17.3. The molecule has 1 aromatic carbocycles. The van der Waals surface area contributed by atoms with Crippen LogP contribution in [0.25, 0.3) is 0 Å². The van der Waals surface area contributed by atoms with Crippen molar-refractivity contribution in [2.75, 3.05) is 27.4 Å². The second kappa shape index (κ2) is 117. The van der Waals surface area contributed by atoms with Crippen molar-refractivity contribution in [2.45, 2.75) is 71.8 Å². The molecule has 0 fully saturated rings. The predicted octanol–water partition coefficient (Wildman–Crippen LogP) is 8.69. The van der Waals surface area contributed by atoms with Gasteiger partial charge in [-0.05, 0) is 0 Å². The van der Waals surface area contributed by atoms with Gasteiger partial charge in [0.15, 0.2) is 0 Å². The SMILES string of the molecule is C.C.C.C.C.C.CC.[CH2-]C.[CH2-]CCOC.[CH2-]COC.[Y+3].c1ccccc1. The Morgan fingerprint density at radius 1 is 0.615 bits per heavy atom. The van der Waals surface area contributed by atoms with E-state index in [0.29, 0.717) is 6.61 Å². The Hall–Kier alpha value is 0.244. The predicted molar refractivity (Wildman–Crippen MR) is 128 cm³/mol. The summed E-state index contributed by atoms with van der Waals surface area (Å²) in [5.74, 6) is 0. The first-order valence-electron chi connectivity index (χ1n) is 6.60. The number of hydrogen-bond donors (Lipinski definition) is 0. The molecule has 0 aromatic heterocycles. The maximum Gasteiger partial charge on any atom is 3.00 e. The zero-order valence-corrected chi connectivity index (χ0v) is 16.9. The van der Waals surface area contributed by atoms with Crippen LogP contribution in [-0.2, 0) is 42.2 Å². The topological polar surface area (TPSA) is 18.5 Å². The van der Waals surface area contributed by atoms with Crippen molar-refractivity contribution in [2.24, 2.45) is 0 Å². The summed E-state index contributed by atoms with van der Waals surface area (Å²) in [7, 11) is 3.29. The Bertz CT molecular complexity index is 140. The number of rotatable bonds is 3. The molecule has 164 valence electrons. The standard InChI is InChI=1S/C6H6.C4H9O.C3H7O.C2H6.C2H5.6CH4.Y/c1-2-4-6-5-3-1;1-3-4-5-2;1-3-4-2;2*1-2;;;;;;;/h1-6H;1,3-4H2,2H3;1,3H2,2H3;1-2H3;1H2,2H3;6*1H4;/q;2*-1;;-1;;;;;;;+3. The largest absolute Gasteiger partial charge is 3.00 e. The van der Waals surface area contributed by atoms with Crippen molar-refractivity contribution in [3.63, 3.8) is 0 Å². The van der Waals surface area contributed by atoms with Gasteiger partial charge in [0.1, 0.15) is 0 Å². The molecule has 0 saturated heterocycles. The van der Waals surface area contributed by atoms with Crippen LogP contribution in [0.3, 0.4) is 0 Å². The summed E-state index contributed by atoms with van der Waals surface area (Å²) in [5, 5.41) is 0. The zero-order chi connectivity index (χ0) is 15.8. The van der Waals surface area contributed by atoms with E-state index in [1.165, 1.54) is 0 Å². The van der Waals surface area contributed by atoms with E-state index in [-0.39, 0.29) is 77.3 Å². The van der Waals surface area contributed by atoms with Gasteiger partial charge in [-0.15, -0.1) is 0 Å². The van der Waals surface area contributed by atoms with Crippen LogP contribution in [0.5, 0.6) is 0 Å². The molecule has 0 unspecified atom stereocenters. The molecule has 2 nitrogen and oxygen atoms in total. The smallest absolute Gasteiger partial charge is 0.417 e. The zero-order valence-electron chi connectivity index (χ0n) is 14.1. The Morgan fingerprint density at radius 3 is 0.846 bits per heavy atom. The van der Waals surface area contributed by atoms with Gasteiger partial charge in [0.05, 0.1) is 0 Å². The van der Waals surface area contributed by atoms with Crippen molar-refractivity contribution < 1.29 is 42.2 Å². The maximum atomic E-state index is 4.63. The second-order valence-electron chi connectivity index (χ2n) is 2.49. The summed E-state index contributed by atoms with van der Waals surface area (Å²) < 4.78 is 9.06. The van der Waals surface area contributed by atoms with E-state index in [4.69, 9.17) is 0 Å². The maximum absolute atomic E-state index is 4.63. The van der Waals surface area contributed by atoms with Gasteiger partial charge >= 0.3 is 32.7 Å². The van der Waals surface area contributed by atoms with Crippen molar-refractivity contribution >= 4 is 0 Å². The molecule has 0 heterocycles. The Morgan fingerprint density at radius 2 is 0.808 bits per heavy atom. The van der Waals surface area contributed by atoms with E-state index in [0.717, 1.165) is 13.0 Å². The molecule has 26 heavy (non-hydrogen) atoms. The van der Waals surface area contributed by atoms with Gasteiger partial charge < -0.3 is 30.2 Å². The van der Waals surface area contributed by atoms with E-state index in [1.54, 1.807) is 21.1 Å². The van der Waals surface area contributed by atoms with Gasteiger partial charge in [-0.2, -0.15) is 13.3 Å². The van der Waals surface area contributed by atoms with E-state index >= 15 is 0 Å². The molecule has 0 spiro atoms. The first kappa shape index (κ1) is 72.0. The molecule has 0 aliphatic rings. The fraction of sp³-hybridized carbons (Fsp3) is 0.609. The number of hydrogen-bond acceptors (Lipinski definition) is 2. The quantitative estimate of drug-likeness (QED) is 0.425. The van der Waals surface area contributed by atoms with Crippen LogP contribution in [0.1, 0.15) is 71.8 Å². The van der Waals surface area contributed by atoms with Gasteiger partial charge in [-0.3, -0.25) is 0 Å². The van der Waals surface area contributed by atoms with Crippen LogP contribution in [0.4, 0.5) is 0 Å². The van der Waals surface area contributed by atoms with Gasteiger partial charge in [-0.25, -0.2) is 0 Å². The molecule has 0 aliphatic carbocycles. The molecule has 0 radical (unpaired) electrons. The molecule has 1 aromatic rings. The van der Waals surface area contributed by atoms with E-state index < -0.39 is 0 Å². The molecule has 0 aliphatic heterocycles. The molecule has 0 bridgehead atoms. The minimum Gasteiger partial charge on any atom is -0.417 e. The number of methoxy groups -OCH3 is 2. The Balaban J connectivity index is -0.0000000118. The molecular weight excluding hydrogens is 397 g/mol. The number of ether oxygens (including phenoxy) is 2. The van der Waals surface area contributed by atoms with E-state index in [2.05, 4.69) is 30.2 Å². The van der Waals surface area contributed by atoms with Crippen LogP contribution < -0.4 is 0 Å². The van der Waals surface area contributed by atoms with Crippen molar-refractivity contribution in [1.29, 1.82) is 0 Å². The third kappa shape index (κ3) is 153. The summed E-state index contributed by atoms with van der Waals surface area (Å²) in [5.41, 5.74) is 0. The molecular formula is C23H57O2Y.